The molecule has 1 aromatic heterocycles. The second kappa shape index (κ2) is 4.94. The second-order valence-corrected chi connectivity index (χ2v) is 4.89. The minimum absolute atomic E-state index is 0.769. The number of imidazole rings is 1. The van der Waals surface area contributed by atoms with Gasteiger partial charge in [0.05, 0.1) is 0 Å². The Balaban J connectivity index is 1.73. The molecule has 1 aromatic carbocycles. The van der Waals surface area contributed by atoms with E-state index in [1.54, 1.807) is 0 Å². The quantitative estimate of drug-likeness (QED) is 0.872. The predicted molar refractivity (Wildman–Crippen MR) is 72.8 cm³/mol. The zero-order valence-corrected chi connectivity index (χ0v) is 10.8. The molecule has 0 saturated heterocycles. The molecule has 94 valence electrons. The number of rotatable bonds is 5. The first kappa shape index (κ1) is 11.5. The Labute approximate surface area is 108 Å². The number of hydrogen-bond acceptors (Lipinski definition) is 2. The lowest BCUT2D eigenvalue weighted by atomic mass is 10.2. The van der Waals surface area contributed by atoms with Crippen molar-refractivity contribution in [3.05, 3.63) is 48.0 Å². The van der Waals surface area contributed by atoms with Gasteiger partial charge in [0.25, 0.3) is 0 Å². The number of benzene rings is 1. The van der Waals surface area contributed by atoms with E-state index >= 15 is 0 Å². The molecule has 0 amide bonds. The van der Waals surface area contributed by atoms with Gasteiger partial charge in [-0.2, -0.15) is 0 Å². The molecule has 0 aliphatic heterocycles. The van der Waals surface area contributed by atoms with Gasteiger partial charge in [0.15, 0.2) is 0 Å². The van der Waals surface area contributed by atoms with Gasteiger partial charge in [0.1, 0.15) is 5.82 Å². The summed E-state index contributed by atoms with van der Waals surface area (Å²) in [7, 11) is 0. The van der Waals surface area contributed by atoms with Crippen LogP contribution in [0.3, 0.4) is 0 Å². The maximum Gasteiger partial charge on any atom is 0.112 e. The SMILES string of the molecule is CCc1nccn1-c1ccc(CNC2CC2)cc1. The highest BCUT2D eigenvalue weighted by Crippen LogP contribution is 2.19. The van der Waals surface area contributed by atoms with Gasteiger partial charge in [0, 0.05) is 37.1 Å². The maximum atomic E-state index is 4.35. The summed E-state index contributed by atoms with van der Waals surface area (Å²) in [5, 5.41) is 3.53. The molecule has 0 unspecified atom stereocenters. The van der Waals surface area contributed by atoms with Gasteiger partial charge in [-0.3, -0.25) is 0 Å². The highest BCUT2D eigenvalue weighted by atomic mass is 15.1. The standard InChI is InChI=1S/C15H19N3/c1-2-15-16-9-10-18(15)14-7-3-12(4-8-14)11-17-13-5-6-13/h3-4,7-10,13,17H,2,5-6,11H2,1H3. The molecule has 3 heteroatoms. The zero-order chi connectivity index (χ0) is 12.4. The van der Waals surface area contributed by atoms with E-state index in [2.05, 4.69) is 46.1 Å². The normalized spacial score (nSPS) is 14.9. The van der Waals surface area contributed by atoms with Crippen LogP contribution in [0.15, 0.2) is 36.7 Å². The zero-order valence-electron chi connectivity index (χ0n) is 10.8. The van der Waals surface area contributed by atoms with E-state index < -0.39 is 0 Å². The van der Waals surface area contributed by atoms with E-state index in [0.29, 0.717) is 0 Å². The number of nitrogens with one attached hydrogen (secondary N) is 1. The summed E-state index contributed by atoms with van der Waals surface area (Å²) in [6.07, 6.45) is 7.52. The molecule has 0 bridgehead atoms. The average Bonchev–Trinajstić information content (AvgIpc) is 3.12. The van der Waals surface area contributed by atoms with E-state index in [1.807, 2.05) is 12.4 Å². The number of aromatic nitrogens is 2. The van der Waals surface area contributed by atoms with Crippen molar-refractivity contribution >= 4 is 0 Å². The molecular weight excluding hydrogens is 222 g/mol. The molecule has 0 spiro atoms. The summed E-state index contributed by atoms with van der Waals surface area (Å²) in [6, 6.07) is 9.51. The van der Waals surface area contributed by atoms with Gasteiger partial charge in [-0.15, -0.1) is 0 Å². The Kier molecular flexibility index (Phi) is 3.15. The number of nitrogens with zero attached hydrogens (tertiary/aromatic N) is 2. The van der Waals surface area contributed by atoms with Crippen molar-refractivity contribution in [1.29, 1.82) is 0 Å². The maximum absolute atomic E-state index is 4.35. The second-order valence-electron chi connectivity index (χ2n) is 4.89. The predicted octanol–water partition coefficient (Wildman–Crippen LogP) is 2.69. The van der Waals surface area contributed by atoms with E-state index in [9.17, 15) is 0 Å². The molecule has 0 atom stereocenters. The summed E-state index contributed by atoms with van der Waals surface area (Å²) in [6.45, 7) is 3.11. The summed E-state index contributed by atoms with van der Waals surface area (Å²) < 4.78 is 2.15. The molecule has 18 heavy (non-hydrogen) atoms. The fourth-order valence-corrected chi connectivity index (χ4v) is 2.16. The van der Waals surface area contributed by atoms with Crippen LogP contribution in [0, 0.1) is 0 Å². The first-order valence-corrected chi connectivity index (χ1v) is 6.71. The lowest BCUT2D eigenvalue weighted by molar-refractivity contribution is 0.687. The lowest BCUT2D eigenvalue weighted by Crippen LogP contribution is -2.15. The van der Waals surface area contributed by atoms with Gasteiger partial charge in [-0.05, 0) is 30.5 Å². The van der Waals surface area contributed by atoms with Crippen LogP contribution in [-0.2, 0) is 13.0 Å². The smallest absolute Gasteiger partial charge is 0.112 e. The van der Waals surface area contributed by atoms with Crippen LogP contribution in [0.1, 0.15) is 31.2 Å². The summed E-state index contributed by atoms with van der Waals surface area (Å²) >= 11 is 0. The van der Waals surface area contributed by atoms with Crippen LogP contribution in [0.5, 0.6) is 0 Å². The minimum Gasteiger partial charge on any atom is -0.310 e. The summed E-state index contributed by atoms with van der Waals surface area (Å²) in [5.74, 6) is 1.11. The van der Waals surface area contributed by atoms with E-state index in [4.69, 9.17) is 0 Å². The highest BCUT2D eigenvalue weighted by molar-refractivity contribution is 5.36. The molecule has 1 aliphatic rings. The Hall–Kier alpha value is -1.61. The number of hydrogen-bond donors (Lipinski definition) is 1. The van der Waals surface area contributed by atoms with E-state index in [1.165, 1.54) is 24.1 Å². The molecule has 3 rings (SSSR count). The molecule has 1 aliphatic carbocycles. The minimum atomic E-state index is 0.769. The monoisotopic (exact) mass is 241 g/mol. The molecule has 1 fully saturated rings. The Bertz CT molecular complexity index is 509. The third kappa shape index (κ3) is 2.46. The van der Waals surface area contributed by atoms with E-state index in [-0.39, 0.29) is 0 Å². The van der Waals surface area contributed by atoms with Crippen molar-refractivity contribution < 1.29 is 0 Å². The average molecular weight is 241 g/mol. The van der Waals surface area contributed by atoms with Gasteiger partial charge in [-0.1, -0.05) is 19.1 Å². The number of aryl methyl sites for hydroxylation is 1. The molecule has 0 radical (unpaired) electrons. The van der Waals surface area contributed by atoms with Crippen LogP contribution in [-0.4, -0.2) is 15.6 Å². The Morgan fingerprint density at radius 2 is 2.06 bits per heavy atom. The van der Waals surface area contributed by atoms with Crippen molar-refractivity contribution in [2.24, 2.45) is 0 Å². The topological polar surface area (TPSA) is 29.9 Å². The molecule has 2 aromatic rings. The van der Waals surface area contributed by atoms with Crippen molar-refractivity contribution in [2.75, 3.05) is 0 Å². The molecule has 3 nitrogen and oxygen atoms in total. The Morgan fingerprint density at radius 1 is 1.28 bits per heavy atom. The summed E-state index contributed by atoms with van der Waals surface area (Å²) in [4.78, 5) is 4.35. The highest BCUT2D eigenvalue weighted by Gasteiger charge is 2.19. The van der Waals surface area contributed by atoms with Crippen LogP contribution in [0.2, 0.25) is 0 Å². The largest absolute Gasteiger partial charge is 0.310 e. The first-order chi connectivity index (χ1) is 8.86. The van der Waals surface area contributed by atoms with Crippen molar-refractivity contribution in [2.45, 2.75) is 38.8 Å². The van der Waals surface area contributed by atoms with Crippen LogP contribution in [0.25, 0.3) is 5.69 Å². The van der Waals surface area contributed by atoms with Crippen molar-refractivity contribution in [3.8, 4) is 5.69 Å². The fourth-order valence-electron chi connectivity index (χ4n) is 2.16. The fraction of sp³-hybridized carbons (Fsp3) is 0.400. The molecule has 1 saturated carbocycles. The first-order valence-electron chi connectivity index (χ1n) is 6.71. The molecular formula is C15H19N3. The van der Waals surface area contributed by atoms with Crippen molar-refractivity contribution in [1.82, 2.24) is 14.9 Å². The van der Waals surface area contributed by atoms with E-state index in [0.717, 1.165) is 24.8 Å². The molecule has 1 heterocycles. The summed E-state index contributed by atoms with van der Waals surface area (Å²) in [5.41, 5.74) is 2.54. The van der Waals surface area contributed by atoms with Crippen LogP contribution >= 0.6 is 0 Å². The molecule has 1 N–H and O–H groups in total. The Morgan fingerprint density at radius 3 is 2.72 bits per heavy atom. The van der Waals surface area contributed by atoms with Gasteiger partial charge in [-0.25, -0.2) is 4.98 Å². The van der Waals surface area contributed by atoms with Crippen molar-refractivity contribution in [3.63, 3.8) is 0 Å². The third-order valence-corrected chi connectivity index (χ3v) is 3.42. The van der Waals surface area contributed by atoms with Gasteiger partial charge >= 0.3 is 0 Å². The van der Waals surface area contributed by atoms with Crippen LogP contribution < -0.4 is 5.32 Å². The van der Waals surface area contributed by atoms with Crippen LogP contribution in [0.4, 0.5) is 0 Å². The van der Waals surface area contributed by atoms with Gasteiger partial charge < -0.3 is 9.88 Å². The lowest BCUT2D eigenvalue weighted by Gasteiger charge is -2.08. The van der Waals surface area contributed by atoms with Gasteiger partial charge in [0.2, 0.25) is 0 Å². The third-order valence-electron chi connectivity index (χ3n) is 3.42.